The molecule has 1 rings (SSSR count). The van der Waals surface area contributed by atoms with Crippen LogP contribution in [0, 0.1) is 0 Å². The third kappa shape index (κ3) is 9.26. The highest BCUT2D eigenvalue weighted by molar-refractivity contribution is 5.94. The van der Waals surface area contributed by atoms with Crippen LogP contribution in [0.3, 0.4) is 0 Å². The molecular formula is C20H29N5O6. The van der Waals surface area contributed by atoms with E-state index in [4.69, 9.17) is 16.6 Å². The summed E-state index contributed by atoms with van der Waals surface area (Å²) < 4.78 is 0. The van der Waals surface area contributed by atoms with Crippen molar-refractivity contribution in [3.8, 4) is 0 Å². The summed E-state index contributed by atoms with van der Waals surface area (Å²) in [6.45, 7) is 2.71. The molecule has 0 heterocycles. The lowest BCUT2D eigenvalue weighted by Gasteiger charge is -2.23. The van der Waals surface area contributed by atoms with Gasteiger partial charge in [0.2, 0.25) is 23.6 Å². The van der Waals surface area contributed by atoms with Crippen LogP contribution < -0.4 is 27.4 Å². The number of primary amides is 1. The number of hydrogen-bond acceptors (Lipinski definition) is 6. The zero-order chi connectivity index (χ0) is 23.6. The first-order valence-electron chi connectivity index (χ1n) is 9.73. The number of rotatable bonds is 12. The molecule has 0 aliphatic rings. The van der Waals surface area contributed by atoms with Crippen LogP contribution in [-0.4, -0.2) is 58.9 Å². The minimum Gasteiger partial charge on any atom is -0.480 e. The van der Waals surface area contributed by atoms with Gasteiger partial charge in [-0.1, -0.05) is 30.3 Å². The fraction of sp³-hybridized carbons (Fsp3) is 0.450. The van der Waals surface area contributed by atoms with Gasteiger partial charge in [-0.15, -0.1) is 0 Å². The average molecular weight is 435 g/mol. The highest BCUT2D eigenvalue weighted by Crippen LogP contribution is 2.05. The molecule has 11 nitrogen and oxygen atoms in total. The molecule has 0 aromatic heterocycles. The van der Waals surface area contributed by atoms with Crippen molar-refractivity contribution in [3.63, 3.8) is 0 Å². The molecule has 4 amide bonds. The molecule has 11 heteroatoms. The molecule has 0 fully saturated rings. The maximum atomic E-state index is 12.6. The molecule has 0 bridgehead atoms. The van der Waals surface area contributed by atoms with Crippen LogP contribution in [0.2, 0.25) is 0 Å². The molecule has 1 aromatic rings. The first-order valence-corrected chi connectivity index (χ1v) is 9.73. The number of carbonyl (C=O) groups is 5. The number of amides is 4. The normalized spacial score (nSPS) is 14.4. The Morgan fingerprint density at radius 1 is 0.903 bits per heavy atom. The second kappa shape index (κ2) is 12.3. The Hall–Kier alpha value is -3.47. The molecule has 0 saturated carbocycles. The zero-order valence-corrected chi connectivity index (χ0v) is 17.5. The number of nitrogens with one attached hydrogen (secondary N) is 3. The minimum atomic E-state index is -1.22. The van der Waals surface area contributed by atoms with Crippen molar-refractivity contribution in [2.75, 3.05) is 0 Å². The van der Waals surface area contributed by atoms with E-state index in [0.29, 0.717) is 0 Å². The second-order valence-electron chi connectivity index (χ2n) is 7.16. The summed E-state index contributed by atoms with van der Waals surface area (Å²) in [6, 6.07) is 4.57. The van der Waals surface area contributed by atoms with Crippen LogP contribution in [0.15, 0.2) is 30.3 Å². The van der Waals surface area contributed by atoms with Crippen molar-refractivity contribution < 1.29 is 29.1 Å². The fourth-order valence-corrected chi connectivity index (χ4v) is 2.55. The van der Waals surface area contributed by atoms with E-state index in [2.05, 4.69) is 16.0 Å². The smallest absolute Gasteiger partial charge is 0.325 e. The van der Waals surface area contributed by atoms with Crippen molar-refractivity contribution in [3.05, 3.63) is 35.9 Å². The Morgan fingerprint density at radius 2 is 1.48 bits per heavy atom. The lowest BCUT2D eigenvalue weighted by Crippen LogP contribution is -2.56. The maximum absolute atomic E-state index is 12.6. The van der Waals surface area contributed by atoms with Gasteiger partial charge in [0.15, 0.2) is 0 Å². The highest BCUT2D eigenvalue weighted by Gasteiger charge is 2.27. The minimum absolute atomic E-state index is 0.0294. The Balaban J connectivity index is 2.80. The van der Waals surface area contributed by atoms with Gasteiger partial charge in [0, 0.05) is 12.8 Å². The van der Waals surface area contributed by atoms with Gasteiger partial charge in [0.1, 0.15) is 18.1 Å². The van der Waals surface area contributed by atoms with Crippen LogP contribution in [0.1, 0.15) is 32.3 Å². The third-order valence-electron chi connectivity index (χ3n) is 4.44. The molecule has 0 unspecified atom stereocenters. The van der Waals surface area contributed by atoms with E-state index in [0.717, 1.165) is 5.56 Å². The van der Waals surface area contributed by atoms with Gasteiger partial charge in [0.25, 0.3) is 0 Å². The standard InChI is InChI=1S/C20H29N5O6/c1-11(23-18(28)14(21)8-9-16(22)26)17(27)25-15(10-13-6-4-3-5-7-13)19(29)24-12(2)20(30)31/h3-7,11-12,14-15H,8-10,21H2,1-2H3,(H2,22,26)(H,23,28)(H,24,29)(H,25,27)(H,30,31)/t11-,12-,14-,15-/m0/s1. The van der Waals surface area contributed by atoms with Crippen LogP contribution in [-0.2, 0) is 30.4 Å². The summed E-state index contributed by atoms with van der Waals surface area (Å²) in [4.78, 5) is 59.0. The summed E-state index contributed by atoms with van der Waals surface area (Å²) >= 11 is 0. The van der Waals surface area contributed by atoms with Gasteiger partial charge in [-0.25, -0.2) is 0 Å². The number of nitrogens with two attached hydrogens (primary N) is 2. The van der Waals surface area contributed by atoms with E-state index in [-0.39, 0.29) is 19.3 Å². The van der Waals surface area contributed by atoms with Crippen molar-refractivity contribution in [2.45, 2.75) is 57.3 Å². The first kappa shape index (κ1) is 25.6. The predicted molar refractivity (Wildman–Crippen MR) is 111 cm³/mol. The highest BCUT2D eigenvalue weighted by atomic mass is 16.4. The summed E-state index contributed by atoms with van der Waals surface area (Å²) in [5, 5.41) is 16.3. The van der Waals surface area contributed by atoms with E-state index in [1.165, 1.54) is 13.8 Å². The van der Waals surface area contributed by atoms with Crippen molar-refractivity contribution in [2.24, 2.45) is 11.5 Å². The maximum Gasteiger partial charge on any atom is 0.325 e. The van der Waals surface area contributed by atoms with Crippen molar-refractivity contribution >= 4 is 29.6 Å². The lowest BCUT2D eigenvalue weighted by molar-refractivity contribution is -0.141. The van der Waals surface area contributed by atoms with E-state index < -0.39 is 53.8 Å². The summed E-state index contributed by atoms with van der Waals surface area (Å²) in [5.74, 6) is -3.80. The van der Waals surface area contributed by atoms with Gasteiger partial charge in [-0.3, -0.25) is 24.0 Å². The van der Waals surface area contributed by atoms with Gasteiger partial charge in [-0.05, 0) is 25.8 Å². The molecule has 0 spiro atoms. The molecule has 4 atom stereocenters. The number of benzene rings is 1. The summed E-state index contributed by atoms with van der Waals surface area (Å²) in [5.41, 5.74) is 11.4. The number of aliphatic carboxylic acids is 1. The van der Waals surface area contributed by atoms with Gasteiger partial charge in [-0.2, -0.15) is 0 Å². The van der Waals surface area contributed by atoms with Crippen LogP contribution >= 0.6 is 0 Å². The predicted octanol–water partition coefficient (Wildman–Crippen LogP) is -1.60. The quantitative estimate of drug-likeness (QED) is 0.227. The van der Waals surface area contributed by atoms with Crippen molar-refractivity contribution in [1.29, 1.82) is 0 Å². The Bertz CT molecular complexity index is 801. The summed E-state index contributed by atoms with van der Waals surface area (Å²) in [7, 11) is 0. The number of carbonyl (C=O) groups excluding carboxylic acids is 4. The SMILES string of the molecule is C[C@H](NC(=O)[C@H](Cc1ccccc1)NC(=O)[C@H](C)NC(=O)[C@@H](N)CCC(N)=O)C(=O)O. The zero-order valence-electron chi connectivity index (χ0n) is 17.5. The van der Waals surface area contributed by atoms with E-state index in [9.17, 15) is 24.0 Å². The van der Waals surface area contributed by atoms with Crippen LogP contribution in [0.25, 0.3) is 0 Å². The lowest BCUT2D eigenvalue weighted by atomic mass is 10.0. The molecule has 0 aliphatic heterocycles. The Labute approximate surface area is 179 Å². The Kier molecular flexibility index (Phi) is 10.1. The molecule has 0 saturated heterocycles. The molecule has 1 aromatic carbocycles. The largest absolute Gasteiger partial charge is 0.480 e. The monoisotopic (exact) mass is 435 g/mol. The second-order valence-corrected chi connectivity index (χ2v) is 7.16. The first-order chi connectivity index (χ1) is 14.5. The van der Waals surface area contributed by atoms with E-state index >= 15 is 0 Å². The number of carboxylic acid groups (broad SMARTS) is 1. The molecule has 0 radical (unpaired) electrons. The average Bonchev–Trinajstić information content (AvgIpc) is 2.71. The number of carboxylic acids is 1. The molecule has 0 aliphatic carbocycles. The van der Waals surface area contributed by atoms with Crippen LogP contribution in [0.5, 0.6) is 0 Å². The van der Waals surface area contributed by atoms with Crippen LogP contribution in [0.4, 0.5) is 0 Å². The fourth-order valence-electron chi connectivity index (χ4n) is 2.55. The van der Waals surface area contributed by atoms with E-state index in [1.54, 1.807) is 30.3 Å². The summed E-state index contributed by atoms with van der Waals surface area (Å²) in [6.07, 6.45) is 0.0708. The molecule has 8 N–H and O–H groups in total. The Morgan fingerprint density at radius 3 is 2.03 bits per heavy atom. The molecular weight excluding hydrogens is 406 g/mol. The van der Waals surface area contributed by atoms with Gasteiger partial charge in [0.05, 0.1) is 6.04 Å². The van der Waals surface area contributed by atoms with Gasteiger partial charge < -0.3 is 32.5 Å². The van der Waals surface area contributed by atoms with Gasteiger partial charge >= 0.3 is 5.97 Å². The molecule has 31 heavy (non-hydrogen) atoms. The third-order valence-corrected chi connectivity index (χ3v) is 4.44. The molecule has 170 valence electrons. The van der Waals surface area contributed by atoms with Crippen molar-refractivity contribution in [1.82, 2.24) is 16.0 Å². The number of hydrogen-bond donors (Lipinski definition) is 6. The topological polar surface area (TPSA) is 194 Å². The van der Waals surface area contributed by atoms with E-state index in [1.807, 2.05) is 0 Å².